The molecule has 0 aliphatic carbocycles. The summed E-state index contributed by atoms with van der Waals surface area (Å²) in [5.74, 6) is 0.576. The van der Waals surface area contributed by atoms with Crippen LogP contribution in [0.5, 0.6) is 5.75 Å². The van der Waals surface area contributed by atoms with Gasteiger partial charge in [0, 0.05) is 24.4 Å². The summed E-state index contributed by atoms with van der Waals surface area (Å²) >= 11 is 0. The zero-order valence-corrected chi connectivity index (χ0v) is 14.0. The predicted molar refractivity (Wildman–Crippen MR) is 92.9 cm³/mol. The van der Waals surface area contributed by atoms with Crippen molar-refractivity contribution in [3.05, 3.63) is 59.7 Å². The summed E-state index contributed by atoms with van der Waals surface area (Å²) in [6.45, 7) is 0.694. The van der Waals surface area contributed by atoms with Gasteiger partial charge in [0.15, 0.2) is 9.84 Å². The topological polar surface area (TPSA) is 72.5 Å². The molecule has 0 spiro atoms. The maximum absolute atomic E-state index is 12.0. The Hall–Kier alpha value is -2.60. The van der Waals surface area contributed by atoms with Crippen molar-refractivity contribution >= 4 is 27.5 Å². The standard InChI is InChI=1S/C18H17NO4S/c1-24(21,22)16-4-2-3-15(12-16)19-18(20)8-6-13-5-7-17-14(11-13)9-10-23-17/h2-8,11-12H,9-10H2,1H3,(H,19,20). The first-order valence-electron chi connectivity index (χ1n) is 7.47. The van der Waals surface area contributed by atoms with Crippen molar-refractivity contribution in [2.45, 2.75) is 11.3 Å². The zero-order valence-electron chi connectivity index (χ0n) is 13.2. The van der Waals surface area contributed by atoms with E-state index in [1.165, 1.54) is 18.2 Å². The van der Waals surface area contributed by atoms with Crippen molar-refractivity contribution in [3.63, 3.8) is 0 Å². The highest BCUT2D eigenvalue weighted by Gasteiger charge is 2.11. The van der Waals surface area contributed by atoms with Gasteiger partial charge in [0.05, 0.1) is 11.5 Å². The molecule has 0 fully saturated rings. The Morgan fingerprint density at radius 1 is 1.21 bits per heavy atom. The lowest BCUT2D eigenvalue weighted by atomic mass is 10.1. The van der Waals surface area contributed by atoms with Crippen LogP contribution in [-0.2, 0) is 21.1 Å². The molecule has 5 nitrogen and oxygen atoms in total. The van der Waals surface area contributed by atoms with Gasteiger partial charge in [0.1, 0.15) is 5.75 Å². The van der Waals surface area contributed by atoms with Crippen molar-refractivity contribution in [2.75, 3.05) is 18.2 Å². The number of carbonyl (C=O) groups excluding carboxylic acids is 1. The van der Waals surface area contributed by atoms with Crippen LogP contribution in [0.25, 0.3) is 6.08 Å². The predicted octanol–water partition coefficient (Wildman–Crippen LogP) is 2.68. The van der Waals surface area contributed by atoms with E-state index in [0.29, 0.717) is 12.3 Å². The van der Waals surface area contributed by atoms with Crippen LogP contribution in [0.1, 0.15) is 11.1 Å². The molecule has 0 unspecified atom stereocenters. The van der Waals surface area contributed by atoms with E-state index in [1.54, 1.807) is 18.2 Å². The van der Waals surface area contributed by atoms with Crippen molar-refractivity contribution < 1.29 is 17.9 Å². The molecule has 0 saturated heterocycles. The number of hydrogen-bond donors (Lipinski definition) is 1. The summed E-state index contributed by atoms with van der Waals surface area (Å²) in [5, 5.41) is 2.66. The van der Waals surface area contributed by atoms with E-state index in [0.717, 1.165) is 29.6 Å². The van der Waals surface area contributed by atoms with Gasteiger partial charge in [-0.1, -0.05) is 12.1 Å². The molecular formula is C18H17NO4S. The second-order valence-corrected chi connectivity index (χ2v) is 7.60. The summed E-state index contributed by atoms with van der Waals surface area (Å²) < 4.78 is 28.5. The number of anilines is 1. The minimum Gasteiger partial charge on any atom is -0.493 e. The molecule has 24 heavy (non-hydrogen) atoms. The molecule has 2 aromatic rings. The van der Waals surface area contributed by atoms with E-state index in [4.69, 9.17) is 4.74 Å². The van der Waals surface area contributed by atoms with E-state index in [9.17, 15) is 13.2 Å². The molecule has 124 valence electrons. The average Bonchev–Trinajstić information content (AvgIpc) is 3.00. The molecule has 0 radical (unpaired) electrons. The summed E-state index contributed by atoms with van der Waals surface area (Å²) in [6.07, 6.45) is 5.14. The van der Waals surface area contributed by atoms with Gasteiger partial charge in [-0.3, -0.25) is 4.79 Å². The van der Waals surface area contributed by atoms with E-state index >= 15 is 0 Å². The van der Waals surface area contributed by atoms with Crippen molar-refractivity contribution in [1.82, 2.24) is 0 Å². The molecule has 1 aliphatic rings. The van der Waals surface area contributed by atoms with Gasteiger partial charge >= 0.3 is 0 Å². The Morgan fingerprint density at radius 2 is 2.04 bits per heavy atom. The lowest BCUT2D eigenvalue weighted by Gasteiger charge is -2.04. The van der Waals surface area contributed by atoms with Gasteiger partial charge in [-0.2, -0.15) is 0 Å². The van der Waals surface area contributed by atoms with Crippen molar-refractivity contribution in [1.29, 1.82) is 0 Å². The second-order valence-electron chi connectivity index (χ2n) is 5.59. The highest BCUT2D eigenvalue weighted by atomic mass is 32.2. The molecule has 1 amide bonds. The van der Waals surface area contributed by atoms with Gasteiger partial charge in [0.2, 0.25) is 5.91 Å². The third-order valence-electron chi connectivity index (χ3n) is 3.67. The Bertz CT molecular complexity index is 916. The van der Waals surface area contributed by atoms with Gasteiger partial charge < -0.3 is 10.1 Å². The minimum absolute atomic E-state index is 0.169. The molecule has 3 rings (SSSR count). The van der Waals surface area contributed by atoms with Gasteiger partial charge in [-0.15, -0.1) is 0 Å². The second kappa shape index (κ2) is 6.49. The quantitative estimate of drug-likeness (QED) is 0.866. The molecule has 1 N–H and O–H groups in total. The summed E-state index contributed by atoms with van der Waals surface area (Å²) in [4.78, 5) is 12.2. The molecule has 1 heterocycles. The fourth-order valence-electron chi connectivity index (χ4n) is 2.47. The maximum atomic E-state index is 12.0. The van der Waals surface area contributed by atoms with E-state index < -0.39 is 9.84 Å². The fraction of sp³-hybridized carbons (Fsp3) is 0.167. The number of sulfone groups is 1. The molecule has 0 saturated carbocycles. The first-order valence-corrected chi connectivity index (χ1v) is 9.36. The van der Waals surface area contributed by atoms with Crippen LogP contribution in [0.4, 0.5) is 5.69 Å². The van der Waals surface area contributed by atoms with Crippen LogP contribution in [0.3, 0.4) is 0 Å². The van der Waals surface area contributed by atoms with E-state index in [1.807, 2.05) is 18.2 Å². The molecule has 0 aromatic heterocycles. The number of hydrogen-bond acceptors (Lipinski definition) is 4. The molecule has 0 bridgehead atoms. The molecule has 6 heteroatoms. The Kier molecular flexibility index (Phi) is 4.40. The van der Waals surface area contributed by atoms with Gasteiger partial charge in [-0.05, 0) is 47.5 Å². The van der Waals surface area contributed by atoms with Crippen molar-refractivity contribution in [3.8, 4) is 5.75 Å². The summed E-state index contributed by atoms with van der Waals surface area (Å²) in [7, 11) is -3.30. The van der Waals surface area contributed by atoms with Crippen molar-refractivity contribution in [2.24, 2.45) is 0 Å². The molecule has 0 atom stereocenters. The summed E-state index contributed by atoms with van der Waals surface area (Å²) in [5.41, 5.74) is 2.49. The van der Waals surface area contributed by atoms with Crippen LogP contribution in [0, 0.1) is 0 Å². The molecular weight excluding hydrogens is 326 g/mol. The number of rotatable bonds is 4. The first-order chi connectivity index (χ1) is 11.4. The molecule has 2 aromatic carbocycles. The smallest absolute Gasteiger partial charge is 0.248 e. The maximum Gasteiger partial charge on any atom is 0.248 e. The third kappa shape index (κ3) is 3.83. The number of ether oxygens (including phenoxy) is 1. The zero-order chi connectivity index (χ0) is 17.2. The Morgan fingerprint density at radius 3 is 2.83 bits per heavy atom. The van der Waals surface area contributed by atoms with E-state index in [-0.39, 0.29) is 10.8 Å². The number of carbonyl (C=O) groups is 1. The first kappa shape index (κ1) is 16.3. The Balaban J connectivity index is 1.69. The van der Waals surface area contributed by atoms with Crippen LogP contribution < -0.4 is 10.1 Å². The van der Waals surface area contributed by atoms with Crippen LogP contribution in [-0.4, -0.2) is 27.2 Å². The van der Waals surface area contributed by atoms with Gasteiger partial charge in [-0.25, -0.2) is 8.42 Å². The van der Waals surface area contributed by atoms with E-state index in [2.05, 4.69) is 5.32 Å². The van der Waals surface area contributed by atoms with Gasteiger partial charge in [0.25, 0.3) is 0 Å². The monoisotopic (exact) mass is 343 g/mol. The van der Waals surface area contributed by atoms with Crippen LogP contribution >= 0.6 is 0 Å². The van der Waals surface area contributed by atoms with Crippen LogP contribution in [0.15, 0.2) is 53.4 Å². The SMILES string of the molecule is CS(=O)(=O)c1cccc(NC(=O)C=Cc2ccc3c(c2)CCO3)c1. The minimum atomic E-state index is -3.30. The number of nitrogens with one attached hydrogen (secondary N) is 1. The largest absolute Gasteiger partial charge is 0.493 e. The fourth-order valence-corrected chi connectivity index (χ4v) is 3.14. The molecule has 1 aliphatic heterocycles. The summed E-state index contributed by atoms with van der Waals surface area (Å²) in [6, 6.07) is 12.0. The third-order valence-corrected chi connectivity index (χ3v) is 4.78. The number of benzene rings is 2. The lowest BCUT2D eigenvalue weighted by molar-refractivity contribution is -0.111. The highest BCUT2D eigenvalue weighted by molar-refractivity contribution is 7.90. The average molecular weight is 343 g/mol. The normalized spacial score (nSPS) is 13.5. The number of amides is 1. The lowest BCUT2D eigenvalue weighted by Crippen LogP contribution is -2.08. The number of fused-ring (bicyclic) bond motifs is 1. The Labute approximate surface area is 140 Å². The van der Waals surface area contributed by atoms with Crippen LogP contribution in [0.2, 0.25) is 0 Å². The highest BCUT2D eigenvalue weighted by Crippen LogP contribution is 2.26.